The van der Waals surface area contributed by atoms with Gasteiger partial charge in [0.05, 0.1) is 6.61 Å². The summed E-state index contributed by atoms with van der Waals surface area (Å²) >= 11 is 0. The Kier molecular flexibility index (Phi) is 6.34. The van der Waals surface area contributed by atoms with Gasteiger partial charge in [-0.1, -0.05) is 25.1 Å². The Balaban J connectivity index is 1.80. The molecule has 7 heteroatoms. The van der Waals surface area contributed by atoms with E-state index in [9.17, 15) is 14.4 Å². The lowest BCUT2D eigenvalue weighted by Gasteiger charge is -2.33. The molecule has 2 N–H and O–H groups in total. The van der Waals surface area contributed by atoms with Crippen molar-refractivity contribution in [2.75, 3.05) is 19.7 Å². The zero-order chi connectivity index (χ0) is 20.1. The van der Waals surface area contributed by atoms with Crippen molar-refractivity contribution < 1.29 is 19.1 Å². The molecular formula is C21H27N3O4. The molecule has 0 unspecified atom stereocenters. The van der Waals surface area contributed by atoms with Crippen LogP contribution in [0.5, 0.6) is 0 Å². The van der Waals surface area contributed by atoms with Gasteiger partial charge in [0.1, 0.15) is 6.04 Å². The number of nitrogens with zero attached hydrogens (tertiary/aromatic N) is 1. The summed E-state index contributed by atoms with van der Waals surface area (Å²) in [4.78, 5) is 42.1. The quantitative estimate of drug-likeness (QED) is 0.608. The highest BCUT2D eigenvalue weighted by Gasteiger charge is 2.31. The number of amides is 2. The number of H-pyrrole nitrogens is 1. The number of nitrogens with one attached hydrogen (secondary N) is 2. The maximum atomic E-state index is 13.1. The normalized spacial score (nSPS) is 16.0. The fraction of sp³-hybridized carbons (Fsp3) is 0.476. The Morgan fingerprint density at radius 3 is 2.68 bits per heavy atom. The van der Waals surface area contributed by atoms with Crippen LogP contribution in [0.3, 0.4) is 0 Å². The number of hydrogen-bond donors (Lipinski definition) is 2. The van der Waals surface area contributed by atoms with Crippen LogP contribution in [0.2, 0.25) is 0 Å². The summed E-state index contributed by atoms with van der Waals surface area (Å²) in [6.07, 6.45) is 4.04. The van der Waals surface area contributed by atoms with E-state index in [1.807, 2.05) is 30.5 Å². The first-order valence-electron chi connectivity index (χ1n) is 9.81. The highest BCUT2D eigenvalue weighted by atomic mass is 16.5. The minimum Gasteiger partial charge on any atom is -0.459 e. The maximum Gasteiger partial charge on any atom is 0.396 e. The fourth-order valence-electron chi connectivity index (χ4n) is 3.58. The number of benzene rings is 1. The van der Waals surface area contributed by atoms with E-state index in [1.54, 1.807) is 11.8 Å². The molecule has 0 aliphatic carbocycles. The lowest BCUT2D eigenvalue weighted by Crippen LogP contribution is -2.53. The van der Waals surface area contributed by atoms with E-state index >= 15 is 0 Å². The second-order valence-electron chi connectivity index (χ2n) is 7.32. The van der Waals surface area contributed by atoms with Gasteiger partial charge < -0.3 is 19.9 Å². The predicted molar refractivity (Wildman–Crippen MR) is 106 cm³/mol. The molecule has 1 aromatic carbocycles. The van der Waals surface area contributed by atoms with Gasteiger partial charge in [0.25, 0.3) is 0 Å². The molecule has 3 rings (SSSR count). The van der Waals surface area contributed by atoms with Gasteiger partial charge in [-0.2, -0.15) is 0 Å². The molecule has 150 valence electrons. The van der Waals surface area contributed by atoms with Crippen LogP contribution >= 0.6 is 0 Å². The first-order valence-corrected chi connectivity index (χ1v) is 9.81. The van der Waals surface area contributed by atoms with Crippen molar-refractivity contribution in [3.8, 4) is 0 Å². The van der Waals surface area contributed by atoms with Crippen LogP contribution in [0.1, 0.15) is 32.3 Å². The molecule has 0 radical (unpaired) electrons. The second kappa shape index (κ2) is 8.91. The smallest absolute Gasteiger partial charge is 0.396 e. The van der Waals surface area contributed by atoms with Crippen LogP contribution < -0.4 is 5.32 Å². The summed E-state index contributed by atoms with van der Waals surface area (Å²) in [6.45, 7) is 5.25. The van der Waals surface area contributed by atoms with E-state index in [1.165, 1.54) is 0 Å². The molecule has 0 bridgehead atoms. The summed E-state index contributed by atoms with van der Waals surface area (Å²) in [7, 11) is 0. The average molecular weight is 385 g/mol. The summed E-state index contributed by atoms with van der Waals surface area (Å²) in [5.41, 5.74) is 1.88. The van der Waals surface area contributed by atoms with Crippen molar-refractivity contribution in [2.45, 2.75) is 39.2 Å². The molecule has 2 heterocycles. The number of rotatable bonds is 5. The van der Waals surface area contributed by atoms with Gasteiger partial charge in [0.2, 0.25) is 5.91 Å². The van der Waals surface area contributed by atoms with Crippen molar-refractivity contribution in [1.82, 2.24) is 15.2 Å². The monoisotopic (exact) mass is 385 g/mol. The lowest BCUT2D eigenvalue weighted by atomic mass is 9.97. The molecule has 0 saturated carbocycles. The molecule has 28 heavy (non-hydrogen) atoms. The SMILES string of the molecule is CCOC(=O)C(=O)N[C@@H](Cc1c[nH]c2ccccc12)C(=O)N1CCC(C)CC1. The standard InChI is InChI=1S/C21H27N3O4/c1-3-28-21(27)19(25)23-18(20(26)24-10-8-14(2)9-11-24)12-15-13-22-17-7-5-4-6-16(15)17/h4-7,13-14,18,22H,3,8-12H2,1-2H3,(H,23,25)/t18-/m0/s1. The number of para-hydroxylation sites is 1. The number of carbonyl (C=O) groups is 3. The third-order valence-corrected chi connectivity index (χ3v) is 5.26. The van der Waals surface area contributed by atoms with Gasteiger partial charge in [-0.15, -0.1) is 0 Å². The van der Waals surface area contributed by atoms with Crippen LogP contribution in [-0.2, 0) is 25.5 Å². The number of likely N-dealkylation sites (tertiary alicyclic amines) is 1. The van der Waals surface area contributed by atoms with Crippen LogP contribution in [0, 0.1) is 5.92 Å². The minimum absolute atomic E-state index is 0.108. The van der Waals surface area contributed by atoms with E-state index in [2.05, 4.69) is 17.2 Å². The highest BCUT2D eigenvalue weighted by Crippen LogP contribution is 2.21. The van der Waals surface area contributed by atoms with Crippen molar-refractivity contribution in [3.05, 3.63) is 36.0 Å². The maximum absolute atomic E-state index is 13.1. The van der Waals surface area contributed by atoms with E-state index in [4.69, 9.17) is 4.74 Å². The molecule has 2 amide bonds. The minimum atomic E-state index is -0.966. The van der Waals surface area contributed by atoms with Gasteiger partial charge >= 0.3 is 11.9 Å². The summed E-state index contributed by atoms with van der Waals surface area (Å²) in [5, 5.41) is 3.59. The Bertz CT molecular complexity index is 852. The van der Waals surface area contributed by atoms with Crippen LogP contribution in [-0.4, -0.2) is 53.4 Å². The predicted octanol–water partition coefficient (Wildman–Crippen LogP) is 2.02. The molecule has 2 aromatic rings. The number of esters is 1. The zero-order valence-corrected chi connectivity index (χ0v) is 16.4. The van der Waals surface area contributed by atoms with E-state index in [0.717, 1.165) is 29.3 Å². The van der Waals surface area contributed by atoms with Crippen LogP contribution in [0.25, 0.3) is 10.9 Å². The number of carbonyl (C=O) groups excluding carboxylic acids is 3. The van der Waals surface area contributed by atoms with Crippen molar-refractivity contribution in [2.24, 2.45) is 5.92 Å². The van der Waals surface area contributed by atoms with E-state index in [-0.39, 0.29) is 12.5 Å². The topological polar surface area (TPSA) is 91.5 Å². The molecule has 0 spiro atoms. The summed E-state index contributed by atoms with van der Waals surface area (Å²) < 4.78 is 4.77. The van der Waals surface area contributed by atoms with E-state index in [0.29, 0.717) is 25.4 Å². The highest BCUT2D eigenvalue weighted by molar-refractivity contribution is 6.32. The molecule has 1 atom stereocenters. The lowest BCUT2D eigenvalue weighted by molar-refractivity contribution is -0.155. The Labute approximate surface area is 164 Å². The number of ether oxygens (including phenoxy) is 1. The number of aromatic amines is 1. The molecule has 1 fully saturated rings. The van der Waals surface area contributed by atoms with Gasteiger partial charge in [0.15, 0.2) is 0 Å². The van der Waals surface area contributed by atoms with Gasteiger partial charge in [-0.3, -0.25) is 9.59 Å². The average Bonchev–Trinajstić information content (AvgIpc) is 3.10. The van der Waals surface area contributed by atoms with Gasteiger partial charge in [0, 0.05) is 36.6 Å². The van der Waals surface area contributed by atoms with Crippen molar-refractivity contribution in [1.29, 1.82) is 0 Å². The zero-order valence-electron chi connectivity index (χ0n) is 16.4. The molecule has 1 aromatic heterocycles. The molecule has 1 aliphatic heterocycles. The van der Waals surface area contributed by atoms with Crippen LogP contribution in [0.15, 0.2) is 30.5 Å². The molecule has 7 nitrogen and oxygen atoms in total. The Morgan fingerprint density at radius 1 is 1.25 bits per heavy atom. The second-order valence-corrected chi connectivity index (χ2v) is 7.32. The van der Waals surface area contributed by atoms with Crippen molar-refractivity contribution >= 4 is 28.7 Å². The van der Waals surface area contributed by atoms with Crippen molar-refractivity contribution in [3.63, 3.8) is 0 Å². The Hall–Kier alpha value is -2.83. The number of piperidine rings is 1. The first kappa shape index (κ1) is 19.9. The molecule has 1 saturated heterocycles. The Morgan fingerprint density at radius 2 is 1.96 bits per heavy atom. The van der Waals surface area contributed by atoms with Crippen LogP contribution in [0.4, 0.5) is 0 Å². The van der Waals surface area contributed by atoms with Gasteiger partial charge in [-0.05, 0) is 37.3 Å². The number of hydrogen-bond acceptors (Lipinski definition) is 4. The number of aromatic nitrogens is 1. The summed E-state index contributed by atoms with van der Waals surface area (Å²) in [5.74, 6) is -1.42. The van der Waals surface area contributed by atoms with E-state index < -0.39 is 17.9 Å². The molecular weight excluding hydrogens is 358 g/mol. The number of fused-ring (bicyclic) bond motifs is 1. The first-order chi connectivity index (χ1) is 13.5. The summed E-state index contributed by atoms with van der Waals surface area (Å²) in [6, 6.07) is 6.98. The third kappa shape index (κ3) is 4.52. The van der Waals surface area contributed by atoms with Gasteiger partial charge in [-0.25, -0.2) is 4.79 Å². The fourth-order valence-corrected chi connectivity index (χ4v) is 3.58. The molecule has 1 aliphatic rings. The largest absolute Gasteiger partial charge is 0.459 e. The third-order valence-electron chi connectivity index (χ3n) is 5.26.